The largest absolute Gasteiger partial charge is 0.573 e. The molecule has 10 nitrogen and oxygen atoms in total. The third-order valence-corrected chi connectivity index (χ3v) is 6.63. The fraction of sp³-hybridized carbons (Fsp3) is 0.308. The van der Waals surface area contributed by atoms with Crippen LogP contribution in [0.5, 0.6) is 11.5 Å². The monoisotopic (exact) mass is 541 g/mol. The van der Waals surface area contributed by atoms with Gasteiger partial charge in [0.15, 0.2) is 5.65 Å². The Balaban J connectivity index is 1.43. The fourth-order valence-corrected chi connectivity index (χ4v) is 4.64. The Bertz CT molecular complexity index is 1500. The van der Waals surface area contributed by atoms with E-state index in [-0.39, 0.29) is 11.6 Å². The van der Waals surface area contributed by atoms with E-state index >= 15 is 0 Å². The molecule has 1 amide bonds. The number of hydrogen-bond donors (Lipinski definition) is 2. The van der Waals surface area contributed by atoms with Crippen molar-refractivity contribution in [3.05, 3.63) is 54.4 Å². The van der Waals surface area contributed by atoms with Crippen molar-refractivity contribution < 1.29 is 27.4 Å². The lowest BCUT2D eigenvalue weighted by Crippen LogP contribution is -2.31. The maximum absolute atomic E-state index is 12.8. The molecule has 2 aromatic heterocycles. The molecule has 39 heavy (non-hydrogen) atoms. The first kappa shape index (κ1) is 26.2. The summed E-state index contributed by atoms with van der Waals surface area (Å²) in [6.45, 7) is 1.89. The van der Waals surface area contributed by atoms with E-state index in [1.165, 1.54) is 25.6 Å². The number of nitrogens with one attached hydrogen (secondary N) is 1. The molecule has 1 fully saturated rings. The Hall–Kier alpha value is -4.39. The Morgan fingerprint density at radius 2 is 1.82 bits per heavy atom. The maximum Gasteiger partial charge on any atom is 0.573 e. The summed E-state index contributed by atoms with van der Waals surface area (Å²) in [4.78, 5) is 23.7. The molecule has 0 bridgehead atoms. The number of likely N-dealkylation sites (tertiary alicyclic amines) is 1. The molecule has 204 valence electrons. The minimum atomic E-state index is -4.82. The zero-order valence-electron chi connectivity index (χ0n) is 21.2. The first-order valence-electron chi connectivity index (χ1n) is 12.2. The van der Waals surface area contributed by atoms with Crippen LogP contribution in [-0.2, 0) is 0 Å². The van der Waals surface area contributed by atoms with Gasteiger partial charge in [-0.3, -0.25) is 4.79 Å². The van der Waals surface area contributed by atoms with E-state index in [9.17, 15) is 18.0 Å². The molecule has 2 aromatic carbocycles. The molecule has 13 heteroatoms. The molecule has 1 aliphatic heterocycles. The number of benzene rings is 2. The molecule has 0 atom stereocenters. The number of amides is 1. The van der Waals surface area contributed by atoms with E-state index < -0.39 is 18.0 Å². The first-order valence-corrected chi connectivity index (χ1v) is 12.2. The summed E-state index contributed by atoms with van der Waals surface area (Å²) in [5.74, 6) is -0.288. The van der Waals surface area contributed by atoms with Gasteiger partial charge in [-0.25, -0.2) is 14.6 Å². The van der Waals surface area contributed by atoms with Gasteiger partial charge in [-0.1, -0.05) is 6.07 Å². The van der Waals surface area contributed by atoms with E-state index in [2.05, 4.69) is 32.0 Å². The Morgan fingerprint density at radius 1 is 1.10 bits per heavy atom. The molecule has 5 rings (SSSR count). The van der Waals surface area contributed by atoms with Crippen LogP contribution in [0.25, 0.3) is 22.3 Å². The summed E-state index contributed by atoms with van der Waals surface area (Å²) < 4.78 is 48.5. The van der Waals surface area contributed by atoms with Crippen molar-refractivity contribution in [3.8, 4) is 22.8 Å². The third kappa shape index (κ3) is 5.58. The molecule has 0 unspecified atom stereocenters. The number of nitrogens with two attached hydrogens (primary N) is 1. The predicted molar refractivity (Wildman–Crippen MR) is 139 cm³/mol. The second-order valence-electron chi connectivity index (χ2n) is 9.23. The standard InChI is InChI=1S/C26H26F3N7O3/c1-35-11-9-17(10-12-35)36-24-21(23(30)31-14-32-24)22(34-36)16-5-8-19(20(13-16)38-2)33-25(37)15-3-6-18(7-4-15)39-26(27,28)29/h3-8,13-14,17H,9-12H2,1-2H3,(H,33,37)(H2,30,31,32). The summed E-state index contributed by atoms with van der Waals surface area (Å²) in [5, 5.41) is 8.26. The average molecular weight is 542 g/mol. The number of anilines is 2. The highest BCUT2D eigenvalue weighted by atomic mass is 19.4. The first-order chi connectivity index (χ1) is 18.6. The predicted octanol–water partition coefficient (Wildman–Crippen LogP) is 4.50. The van der Waals surface area contributed by atoms with Gasteiger partial charge < -0.3 is 25.4 Å². The van der Waals surface area contributed by atoms with Crippen LogP contribution >= 0.6 is 0 Å². The minimum absolute atomic E-state index is 0.142. The summed E-state index contributed by atoms with van der Waals surface area (Å²) in [6, 6.07) is 9.94. The summed E-state index contributed by atoms with van der Waals surface area (Å²) >= 11 is 0. The lowest BCUT2D eigenvalue weighted by atomic mass is 10.1. The van der Waals surface area contributed by atoms with Crippen molar-refractivity contribution in [1.29, 1.82) is 0 Å². The van der Waals surface area contributed by atoms with E-state index in [1.54, 1.807) is 18.2 Å². The van der Waals surface area contributed by atoms with E-state index in [4.69, 9.17) is 15.6 Å². The molecular formula is C26H26F3N7O3. The van der Waals surface area contributed by atoms with Gasteiger partial charge in [-0.15, -0.1) is 13.2 Å². The zero-order valence-corrected chi connectivity index (χ0v) is 21.2. The van der Waals surface area contributed by atoms with E-state index in [0.29, 0.717) is 39.5 Å². The topological polar surface area (TPSA) is 120 Å². The molecule has 3 N–H and O–H groups in total. The molecule has 1 aliphatic rings. The fourth-order valence-electron chi connectivity index (χ4n) is 4.64. The number of carbonyl (C=O) groups excluding carboxylic acids is 1. The molecule has 3 heterocycles. The molecule has 0 aliphatic carbocycles. The summed E-state index contributed by atoms with van der Waals surface area (Å²) in [5.41, 5.74) is 8.71. The molecule has 1 saturated heterocycles. The van der Waals surface area contributed by atoms with Crippen LogP contribution in [0.2, 0.25) is 0 Å². The summed E-state index contributed by atoms with van der Waals surface area (Å²) in [6.07, 6.45) is -1.54. The van der Waals surface area contributed by atoms with Gasteiger partial charge in [0.25, 0.3) is 5.91 Å². The van der Waals surface area contributed by atoms with E-state index in [1.807, 2.05) is 4.68 Å². The number of fused-ring (bicyclic) bond motifs is 1. The highest BCUT2D eigenvalue weighted by molar-refractivity contribution is 6.05. The van der Waals surface area contributed by atoms with E-state index in [0.717, 1.165) is 38.1 Å². The second-order valence-corrected chi connectivity index (χ2v) is 9.23. The maximum atomic E-state index is 12.8. The van der Waals surface area contributed by atoms with Crippen molar-refractivity contribution in [2.75, 3.05) is 38.3 Å². The number of piperidine rings is 1. The number of halogens is 3. The molecule has 4 aromatic rings. The number of rotatable bonds is 6. The lowest BCUT2D eigenvalue weighted by Gasteiger charge is -2.29. The highest BCUT2D eigenvalue weighted by Crippen LogP contribution is 2.37. The van der Waals surface area contributed by atoms with Crippen molar-refractivity contribution >= 4 is 28.4 Å². The van der Waals surface area contributed by atoms with Gasteiger partial charge in [-0.05, 0) is 69.4 Å². The minimum Gasteiger partial charge on any atom is -0.495 e. The number of aromatic nitrogens is 4. The normalized spacial score (nSPS) is 14.9. The Morgan fingerprint density at radius 3 is 2.49 bits per heavy atom. The number of ether oxygens (including phenoxy) is 2. The van der Waals surface area contributed by atoms with Crippen LogP contribution < -0.4 is 20.5 Å². The van der Waals surface area contributed by atoms with Gasteiger partial charge >= 0.3 is 6.36 Å². The molecular weight excluding hydrogens is 515 g/mol. The molecule has 0 saturated carbocycles. The Labute approximate surface area is 221 Å². The Kier molecular flexibility index (Phi) is 7.00. The van der Waals surface area contributed by atoms with Gasteiger partial charge in [0.1, 0.15) is 29.3 Å². The van der Waals surface area contributed by atoms with Crippen molar-refractivity contribution in [3.63, 3.8) is 0 Å². The number of methoxy groups -OCH3 is 1. The van der Waals surface area contributed by atoms with Crippen LogP contribution in [0.1, 0.15) is 29.2 Å². The van der Waals surface area contributed by atoms with Crippen molar-refractivity contribution in [1.82, 2.24) is 24.6 Å². The quantitative estimate of drug-likeness (QED) is 0.366. The van der Waals surface area contributed by atoms with Gasteiger partial charge in [-0.2, -0.15) is 5.10 Å². The van der Waals surface area contributed by atoms with Crippen LogP contribution in [0.4, 0.5) is 24.7 Å². The number of nitrogen functional groups attached to an aromatic ring is 1. The van der Waals surface area contributed by atoms with Crippen LogP contribution in [0.3, 0.4) is 0 Å². The summed E-state index contributed by atoms with van der Waals surface area (Å²) in [7, 11) is 3.55. The third-order valence-electron chi connectivity index (χ3n) is 6.63. The van der Waals surface area contributed by atoms with Gasteiger partial charge in [0.2, 0.25) is 0 Å². The highest BCUT2D eigenvalue weighted by Gasteiger charge is 2.31. The average Bonchev–Trinajstić information content (AvgIpc) is 3.30. The number of carbonyl (C=O) groups is 1. The molecule has 0 radical (unpaired) electrons. The smallest absolute Gasteiger partial charge is 0.495 e. The number of alkyl halides is 3. The number of hydrogen-bond acceptors (Lipinski definition) is 8. The van der Waals surface area contributed by atoms with Crippen molar-refractivity contribution in [2.24, 2.45) is 0 Å². The van der Waals surface area contributed by atoms with Crippen LogP contribution in [0.15, 0.2) is 48.8 Å². The van der Waals surface area contributed by atoms with Gasteiger partial charge in [0.05, 0.1) is 24.2 Å². The van der Waals surface area contributed by atoms with Crippen LogP contribution in [-0.4, -0.2) is 64.2 Å². The molecule has 0 spiro atoms. The lowest BCUT2D eigenvalue weighted by molar-refractivity contribution is -0.274. The zero-order chi connectivity index (χ0) is 27.7. The SMILES string of the molecule is COc1cc(-c2nn(C3CCN(C)CC3)c3ncnc(N)c23)ccc1NC(=O)c1ccc(OC(F)(F)F)cc1. The van der Waals surface area contributed by atoms with Gasteiger partial charge in [0, 0.05) is 11.1 Å². The number of nitrogens with zero attached hydrogens (tertiary/aromatic N) is 5. The van der Waals surface area contributed by atoms with Crippen LogP contribution in [0, 0.1) is 0 Å². The second kappa shape index (κ2) is 10.4. The van der Waals surface area contributed by atoms with Crippen molar-refractivity contribution in [2.45, 2.75) is 25.2 Å².